The number of rotatable bonds is 46. The van der Waals surface area contributed by atoms with E-state index in [1.807, 2.05) is 6.92 Å². The van der Waals surface area contributed by atoms with Gasteiger partial charge in [-0.2, -0.15) is 4.58 Å². The smallest absolute Gasteiger partial charge is 0.336 e. The maximum absolute atomic E-state index is 13.6. The Balaban J connectivity index is 2.24. The molecule has 1 saturated heterocycles. The van der Waals surface area contributed by atoms with E-state index in [4.69, 9.17) is 33.2 Å². The van der Waals surface area contributed by atoms with Gasteiger partial charge in [0.15, 0.2) is 44.3 Å². The molecule has 30 heteroatoms. The quantitative estimate of drug-likeness (QED) is 0.0478. The minimum absolute atomic E-state index is 0.0242. The fourth-order valence-electron chi connectivity index (χ4n) is 11.1. The van der Waals surface area contributed by atoms with Crippen LogP contribution in [0, 0.1) is 0 Å². The van der Waals surface area contributed by atoms with Crippen molar-refractivity contribution in [3.8, 4) is 0 Å². The van der Waals surface area contributed by atoms with Gasteiger partial charge >= 0.3 is 29.8 Å². The molecule has 0 aliphatic carbocycles. The molecule has 2 rings (SSSR count). The molecule has 2 aliphatic rings. The SMILES string of the molecule is CCC(=O)N(CCO[C@@H]1O[C@H](COC(C)=O)[C@@H](OC(C)=O)[C@H](OC(C)=O)[C@H]1OC(C)=O)CCN(CCN(CCN(CCN(CCN(CCN(CCN(CCN(CC[N+]1=C(CC)OCC1)C(=O)CC)C(=O)CC)C(=O)CC)C(=O)CC)C(=O)CC)C(=O)CC)C(=O)CC)C(=O)CC. The summed E-state index contributed by atoms with van der Waals surface area (Å²) in [7, 11) is 0. The van der Waals surface area contributed by atoms with E-state index >= 15 is 0 Å². The van der Waals surface area contributed by atoms with E-state index in [0.29, 0.717) is 32.7 Å². The largest absolute Gasteiger partial charge is 0.463 e. The van der Waals surface area contributed by atoms with E-state index in [0.717, 1.165) is 46.6 Å². The van der Waals surface area contributed by atoms with Crippen LogP contribution in [0.2, 0.25) is 0 Å². The van der Waals surface area contributed by atoms with Crippen molar-refractivity contribution in [3.05, 3.63) is 0 Å². The maximum atomic E-state index is 13.6. The number of hydrogen-bond acceptors (Lipinski definition) is 20. The number of nitrogens with zero attached hydrogens (tertiary/aromatic N) is 10. The average molecular weight is 1370 g/mol. The zero-order valence-corrected chi connectivity index (χ0v) is 59.9. The summed E-state index contributed by atoms with van der Waals surface area (Å²) < 4.78 is 41.6. The van der Waals surface area contributed by atoms with Crippen molar-refractivity contribution in [2.75, 3.05) is 151 Å². The summed E-state index contributed by atoms with van der Waals surface area (Å²) in [5.41, 5.74) is 0. The van der Waals surface area contributed by atoms with E-state index in [-0.39, 0.29) is 216 Å². The number of hydrogen-bond donors (Lipinski definition) is 0. The molecule has 0 unspecified atom stereocenters. The summed E-state index contributed by atoms with van der Waals surface area (Å²) in [5.74, 6) is -3.99. The number of carbonyl (C=O) groups excluding carboxylic acids is 13. The Morgan fingerprint density at radius 2 is 0.635 bits per heavy atom. The number of esters is 4. The van der Waals surface area contributed by atoms with Crippen molar-refractivity contribution in [3.63, 3.8) is 0 Å². The van der Waals surface area contributed by atoms with Gasteiger partial charge in [-0.1, -0.05) is 69.2 Å². The molecule has 546 valence electrons. The Labute approximate surface area is 567 Å². The summed E-state index contributed by atoms with van der Waals surface area (Å²) in [6.45, 7) is 25.8. The molecular formula is C66H113N10O20+. The van der Waals surface area contributed by atoms with E-state index in [2.05, 4.69) is 4.58 Å². The third-order valence-corrected chi connectivity index (χ3v) is 16.5. The second-order valence-corrected chi connectivity index (χ2v) is 23.1. The summed E-state index contributed by atoms with van der Waals surface area (Å²) in [6.07, 6.45) is -4.90. The number of carbonyl (C=O) groups is 13. The van der Waals surface area contributed by atoms with Crippen molar-refractivity contribution < 1.29 is 100 Å². The predicted molar refractivity (Wildman–Crippen MR) is 351 cm³/mol. The van der Waals surface area contributed by atoms with Gasteiger partial charge in [0.2, 0.25) is 53.2 Å². The first kappa shape index (κ1) is 84.6. The van der Waals surface area contributed by atoms with E-state index in [1.165, 1.54) is 9.80 Å². The molecule has 0 bridgehead atoms. The van der Waals surface area contributed by atoms with Crippen LogP contribution in [0.3, 0.4) is 0 Å². The lowest BCUT2D eigenvalue weighted by Gasteiger charge is -2.44. The predicted octanol–water partition coefficient (Wildman–Crippen LogP) is 2.08. The molecule has 0 spiro atoms. The van der Waals surface area contributed by atoms with Gasteiger partial charge < -0.3 is 77.3 Å². The third kappa shape index (κ3) is 29.5. The highest BCUT2D eigenvalue weighted by atomic mass is 16.7. The van der Waals surface area contributed by atoms with Crippen LogP contribution in [0.5, 0.6) is 0 Å². The van der Waals surface area contributed by atoms with Crippen molar-refractivity contribution >= 4 is 82.9 Å². The van der Waals surface area contributed by atoms with Gasteiger partial charge in [-0.15, -0.1) is 0 Å². The van der Waals surface area contributed by atoms with Crippen LogP contribution in [-0.4, -0.2) is 313 Å². The van der Waals surface area contributed by atoms with E-state index in [1.54, 1.807) is 96.6 Å². The first-order chi connectivity index (χ1) is 45.7. The molecule has 0 radical (unpaired) electrons. The van der Waals surface area contributed by atoms with Gasteiger partial charge in [0.25, 0.3) is 0 Å². The summed E-state index contributed by atoms with van der Waals surface area (Å²) in [4.78, 5) is 184. The van der Waals surface area contributed by atoms with E-state index in [9.17, 15) is 62.3 Å². The molecule has 96 heavy (non-hydrogen) atoms. The van der Waals surface area contributed by atoms with Crippen molar-refractivity contribution in [1.29, 1.82) is 0 Å². The fourth-order valence-corrected chi connectivity index (χ4v) is 11.1. The van der Waals surface area contributed by atoms with Gasteiger partial charge in [0.1, 0.15) is 12.7 Å². The zero-order chi connectivity index (χ0) is 72.0. The fraction of sp³-hybridized carbons (Fsp3) is 0.788. The average Bonchev–Trinajstić information content (AvgIpc) is 0.881. The highest BCUT2D eigenvalue weighted by molar-refractivity contribution is 5.81. The Morgan fingerprint density at radius 3 is 0.906 bits per heavy atom. The van der Waals surface area contributed by atoms with Gasteiger partial charge in [-0.25, -0.2) is 0 Å². The Morgan fingerprint density at radius 1 is 0.365 bits per heavy atom. The Hall–Kier alpha value is -7.50. The topological polar surface area (TPSA) is 319 Å². The van der Waals surface area contributed by atoms with Crippen LogP contribution in [-0.2, 0) is 95.5 Å². The highest BCUT2D eigenvalue weighted by Gasteiger charge is 2.53. The number of amides is 9. The lowest BCUT2D eigenvalue weighted by Crippen LogP contribution is -2.63. The molecule has 30 nitrogen and oxygen atoms in total. The summed E-state index contributed by atoms with van der Waals surface area (Å²) in [5, 5.41) is 0. The van der Waals surface area contributed by atoms with Crippen LogP contribution in [0.15, 0.2) is 0 Å². The van der Waals surface area contributed by atoms with Gasteiger partial charge in [0, 0.05) is 197 Å². The first-order valence-electron chi connectivity index (χ1n) is 34.4. The molecule has 0 saturated carbocycles. The van der Waals surface area contributed by atoms with Crippen LogP contribution < -0.4 is 0 Å². The second-order valence-electron chi connectivity index (χ2n) is 23.1. The molecule has 0 aromatic rings. The molecule has 0 N–H and O–H groups in total. The molecule has 0 aromatic heterocycles. The molecule has 1 fully saturated rings. The Bertz CT molecular complexity index is 2590. The van der Waals surface area contributed by atoms with Gasteiger partial charge in [-0.05, 0) is 0 Å². The van der Waals surface area contributed by atoms with Crippen molar-refractivity contribution in [1.82, 2.24) is 44.1 Å². The molecule has 0 aromatic carbocycles. The highest BCUT2D eigenvalue weighted by Crippen LogP contribution is 2.30. The minimum atomic E-state index is -1.49. The summed E-state index contributed by atoms with van der Waals surface area (Å²) >= 11 is 0. The zero-order valence-electron chi connectivity index (χ0n) is 59.9. The van der Waals surface area contributed by atoms with Gasteiger partial charge in [0.05, 0.1) is 19.6 Å². The Kier molecular flexibility index (Phi) is 40.4. The number of ether oxygens (including phenoxy) is 7. The van der Waals surface area contributed by atoms with Gasteiger partial charge in [-0.3, -0.25) is 62.3 Å². The monoisotopic (exact) mass is 1370 g/mol. The minimum Gasteiger partial charge on any atom is -0.463 e. The maximum Gasteiger partial charge on any atom is 0.336 e. The van der Waals surface area contributed by atoms with Crippen molar-refractivity contribution in [2.24, 2.45) is 0 Å². The molecule has 2 heterocycles. The molecular weight excluding hydrogens is 1250 g/mol. The molecule has 5 atom stereocenters. The van der Waals surface area contributed by atoms with Crippen LogP contribution in [0.4, 0.5) is 0 Å². The van der Waals surface area contributed by atoms with E-state index < -0.39 is 61.2 Å². The first-order valence-corrected chi connectivity index (χ1v) is 34.4. The van der Waals surface area contributed by atoms with Crippen LogP contribution >= 0.6 is 0 Å². The lowest BCUT2D eigenvalue weighted by atomic mass is 9.98. The van der Waals surface area contributed by atoms with Crippen LogP contribution in [0.1, 0.15) is 161 Å². The normalized spacial score (nSPS) is 16.5. The lowest BCUT2D eigenvalue weighted by molar-refractivity contribution is -0.519. The molecule has 2 aliphatic heterocycles. The standard InChI is InChI=1S/C66H113N10O20/c1-15-53(81)67(25-26-68(54(82)16-2)29-30-70(56(84)18-4)33-34-72(58(86)20-6)37-38-74(60(88)22-8)41-42-76-44-45-90-62(76)24-10)27-28-69(55(83)17-3)31-32-71(57(85)19-5)35-36-73(59(87)21-7)39-40-75(61(89)23-9)43-46-91-66-65(95-51(14)80)64(94-50(13)79)63(93-49(12)78)52(96-66)47-92-48(11)77/h52,63-66H,15-47H2,1-14H3/q+1/t52-,63-,64+,65-,66-/m1/s1. The summed E-state index contributed by atoms with van der Waals surface area (Å²) in [6, 6.07) is 0. The van der Waals surface area contributed by atoms with Crippen LogP contribution in [0.25, 0.3) is 0 Å². The third-order valence-electron chi connectivity index (χ3n) is 16.5. The second kappa shape index (κ2) is 45.8. The molecule has 9 amide bonds. The van der Waals surface area contributed by atoms with Crippen molar-refractivity contribution in [2.45, 2.75) is 192 Å².